The van der Waals surface area contributed by atoms with Crippen LogP contribution in [0.1, 0.15) is 38.3 Å². The van der Waals surface area contributed by atoms with E-state index in [0.29, 0.717) is 0 Å². The van der Waals surface area contributed by atoms with E-state index in [-0.39, 0.29) is 18.8 Å². The Bertz CT molecular complexity index is 764. The van der Waals surface area contributed by atoms with Gasteiger partial charge in [0, 0.05) is 18.9 Å². The van der Waals surface area contributed by atoms with Crippen molar-refractivity contribution in [2.45, 2.75) is 38.8 Å². The van der Waals surface area contributed by atoms with Crippen molar-refractivity contribution in [1.29, 1.82) is 0 Å². The molecule has 2 aliphatic rings. The quantitative estimate of drug-likeness (QED) is 0.580. The summed E-state index contributed by atoms with van der Waals surface area (Å²) < 4.78 is 10.8. The van der Waals surface area contributed by atoms with E-state index in [9.17, 15) is 14.4 Å². The first-order valence-electron chi connectivity index (χ1n) is 9.14. The number of quaternary nitrogens is 1. The Morgan fingerprint density at radius 1 is 1.15 bits per heavy atom. The minimum absolute atomic E-state index is 0.0545. The standard InChI is InChI=1S/C19H25N3O5/c1-12(2)22-18(24)17(23)21(19(22)25)11-20-9-5-6-15(20)14-10-13(26-3)7-8-16(14)27-4/h7-8,10,12,15H,5-6,9,11H2,1-4H3/p+1/t15-/m0/s1. The van der Waals surface area contributed by atoms with Crippen molar-refractivity contribution in [3.63, 3.8) is 0 Å². The molecular weight excluding hydrogens is 350 g/mol. The second kappa shape index (κ2) is 7.56. The van der Waals surface area contributed by atoms with E-state index in [1.165, 1.54) is 0 Å². The summed E-state index contributed by atoms with van der Waals surface area (Å²) in [6.45, 7) is 4.41. The van der Waals surface area contributed by atoms with Gasteiger partial charge in [-0.3, -0.25) is 14.5 Å². The van der Waals surface area contributed by atoms with E-state index in [0.717, 1.165) is 51.1 Å². The Labute approximate surface area is 158 Å². The molecule has 4 amide bonds. The maximum Gasteiger partial charge on any atom is 0.338 e. The first-order valence-corrected chi connectivity index (χ1v) is 9.14. The van der Waals surface area contributed by atoms with Crippen LogP contribution < -0.4 is 14.4 Å². The number of benzene rings is 1. The summed E-state index contributed by atoms with van der Waals surface area (Å²) in [4.78, 5) is 40.2. The summed E-state index contributed by atoms with van der Waals surface area (Å²) in [5.74, 6) is -0.0146. The van der Waals surface area contributed by atoms with Crippen molar-refractivity contribution in [3.8, 4) is 11.5 Å². The third kappa shape index (κ3) is 3.37. The number of amides is 4. The highest BCUT2D eigenvalue weighted by atomic mass is 16.5. The van der Waals surface area contributed by atoms with Gasteiger partial charge >= 0.3 is 17.8 Å². The van der Waals surface area contributed by atoms with Gasteiger partial charge in [-0.1, -0.05) is 0 Å². The number of urea groups is 1. The van der Waals surface area contributed by atoms with E-state index < -0.39 is 17.8 Å². The van der Waals surface area contributed by atoms with E-state index >= 15 is 0 Å². The van der Waals surface area contributed by atoms with E-state index in [4.69, 9.17) is 9.47 Å². The molecule has 2 fully saturated rings. The summed E-state index contributed by atoms with van der Waals surface area (Å²) in [6, 6.07) is 4.81. The largest absolute Gasteiger partial charge is 0.497 e. The number of nitrogens with one attached hydrogen (secondary N) is 1. The lowest BCUT2D eigenvalue weighted by Crippen LogP contribution is -3.12. The van der Waals surface area contributed by atoms with Gasteiger partial charge in [0.1, 0.15) is 17.5 Å². The van der Waals surface area contributed by atoms with Crippen LogP contribution >= 0.6 is 0 Å². The molecule has 146 valence electrons. The molecule has 0 bridgehead atoms. The molecule has 0 aromatic heterocycles. The van der Waals surface area contributed by atoms with Gasteiger partial charge in [-0.2, -0.15) is 0 Å². The fourth-order valence-electron chi connectivity index (χ4n) is 3.91. The topological polar surface area (TPSA) is 80.6 Å². The van der Waals surface area contributed by atoms with Crippen molar-refractivity contribution in [2.75, 3.05) is 27.4 Å². The normalized spacial score (nSPS) is 22.9. The van der Waals surface area contributed by atoms with E-state index in [2.05, 4.69) is 0 Å². The minimum atomic E-state index is -0.746. The van der Waals surface area contributed by atoms with Crippen LogP contribution in [-0.4, -0.2) is 61.1 Å². The molecule has 2 atom stereocenters. The number of ether oxygens (including phenoxy) is 2. The number of rotatable bonds is 6. The molecular formula is C19H26N3O5+. The predicted octanol–water partition coefficient (Wildman–Crippen LogP) is 0.580. The van der Waals surface area contributed by atoms with Crippen LogP contribution in [-0.2, 0) is 9.59 Å². The van der Waals surface area contributed by atoms with Crippen molar-refractivity contribution in [3.05, 3.63) is 23.8 Å². The van der Waals surface area contributed by atoms with Gasteiger partial charge in [-0.15, -0.1) is 0 Å². The molecule has 0 aliphatic carbocycles. The summed E-state index contributed by atoms with van der Waals surface area (Å²) in [7, 11) is 3.23. The SMILES string of the molecule is COc1ccc(OC)c([C@@H]2CCC[NH+]2CN2C(=O)C(=O)N(C(C)C)C2=O)c1. The number of carbonyl (C=O) groups is 3. The van der Waals surface area contributed by atoms with Crippen LogP contribution in [0, 0.1) is 0 Å². The summed E-state index contributed by atoms with van der Waals surface area (Å²) in [5, 5.41) is 0. The fraction of sp³-hybridized carbons (Fsp3) is 0.526. The highest BCUT2D eigenvalue weighted by molar-refractivity contribution is 6.44. The molecule has 0 saturated carbocycles. The van der Waals surface area contributed by atoms with Crippen LogP contribution in [0.4, 0.5) is 4.79 Å². The number of hydrogen-bond acceptors (Lipinski definition) is 5. The second-order valence-corrected chi connectivity index (χ2v) is 7.15. The third-order valence-corrected chi connectivity index (χ3v) is 5.26. The Kier molecular flexibility index (Phi) is 5.36. The Morgan fingerprint density at radius 3 is 2.48 bits per heavy atom. The molecule has 0 spiro atoms. The second-order valence-electron chi connectivity index (χ2n) is 7.15. The Balaban J connectivity index is 1.85. The van der Waals surface area contributed by atoms with Crippen molar-refractivity contribution in [1.82, 2.24) is 9.80 Å². The molecule has 1 aromatic carbocycles. The molecule has 1 N–H and O–H groups in total. The van der Waals surface area contributed by atoms with Crippen LogP contribution in [0.15, 0.2) is 18.2 Å². The highest BCUT2D eigenvalue weighted by Gasteiger charge is 2.48. The molecule has 2 saturated heterocycles. The lowest BCUT2D eigenvalue weighted by Gasteiger charge is -2.26. The van der Waals surface area contributed by atoms with Crippen LogP contribution in [0.2, 0.25) is 0 Å². The van der Waals surface area contributed by atoms with Gasteiger partial charge in [0.05, 0.1) is 26.3 Å². The Hall–Kier alpha value is -2.61. The zero-order valence-corrected chi connectivity index (χ0v) is 16.2. The van der Waals surface area contributed by atoms with E-state index in [1.807, 2.05) is 18.2 Å². The molecule has 1 unspecified atom stereocenters. The van der Waals surface area contributed by atoms with Gasteiger partial charge in [0.2, 0.25) is 0 Å². The first kappa shape index (κ1) is 19.2. The number of hydrogen-bond donors (Lipinski definition) is 1. The number of methoxy groups -OCH3 is 2. The summed E-state index contributed by atoms with van der Waals surface area (Å²) >= 11 is 0. The van der Waals surface area contributed by atoms with Crippen LogP contribution in [0.5, 0.6) is 11.5 Å². The maximum atomic E-state index is 12.6. The molecule has 27 heavy (non-hydrogen) atoms. The number of imide groups is 2. The zero-order valence-electron chi connectivity index (χ0n) is 16.2. The van der Waals surface area contributed by atoms with Crippen molar-refractivity contribution >= 4 is 17.8 Å². The number of carbonyl (C=O) groups excluding carboxylic acids is 3. The molecule has 2 aliphatic heterocycles. The average Bonchev–Trinajstić information content (AvgIpc) is 3.19. The molecule has 8 heteroatoms. The molecule has 3 rings (SSSR count). The lowest BCUT2D eigenvalue weighted by molar-refractivity contribution is -0.925. The third-order valence-electron chi connectivity index (χ3n) is 5.26. The zero-order chi connectivity index (χ0) is 19.7. The summed E-state index contributed by atoms with van der Waals surface area (Å²) in [6.07, 6.45) is 1.86. The molecule has 1 aromatic rings. The highest BCUT2D eigenvalue weighted by Crippen LogP contribution is 2.31. The Morgan fingerprint density at radius 2 is 1.89 bits per heavy atom. The van der Waals surface area contributed by atoms with Gasteiger partial charge in [0.15, 0.2) is 6.67 Å². The first-order chi connectivity index (χ1) is 12.9. The average molecular weight is 376 g/mol. The smallest absolute Gasteiger partial charge is 0.338 e. The minimum Gasteiger partial charge on any atom is -0.497 e. The molecule has 0 radical (unpaired) electrons. The van der Waals surface area contributed by atoms with Crippen molar-refractivity contribution in [2.24, 2.45) is 0 Å². The number of likely N-dealkylation sites (tertiary alicyclic amines) is 1. The fourth-order valence-corrected chi connectivity index (χ4v) is 3.91. The van der Waals surface area contributed by atoms with Gasteiger partial charge in [0.25, 0.3) is 0 Å². The van der Waals surface area contributed by atoms with Gasteiger partial charge < -0.3 is 14.4 Å². The number of nitrogens with zero attached hydrogens (tertiary/aromatic N) is 2. The van der Waals surface area contributed by atoms with E-state index in [1.54, 1.807) is 28.1 Å². The maximum absolute atomic E-state index is 12.6. The monoisotopic (exact) mass is 376 g/mol. The predicted molar refractivity (Wildman–Crippen MR) is 96.4 cm³/mol. The van der Waals surface area contributed by atoms with Crippen LogP contribution in [0.3, 0.4) is 0 Å². The van der Waals surface area contributed by atoms with Crippen LogP contribution in [0.25, 0.3) is 0 Å². The molecule has 2 heterocycles. The summed E-state index contributed by atoms with van der Waals surface area (Å²) in [5.41, 5.74) is 0.982. The van der Waals surface area contributed by atoms with Crippen molar-refractivity contribution < 1.29 is 28.8 Å². The van der Waals surface area contributed by atoms with Gasteiger partial charge in [-0.05, 0) is 32.0 Å². The lowest BCUT2D eigenvalue weighted by atomic mass is 10.0. The molecule has 8 nitrogen and oxygen atoms in total. The van der Waals surface area contributed by atoms with Gasteiger partial charge in [-0.25, -0.2) is 9.69 Å².